The minimum absolute atomic E-state index is 0.244. The van der Waals surface area contributed by atoms with Crippen molar-refractivity contribution in [1.29, 1.82) is 0 Å². The molecule has 0 rings (SSSR count). The van der Waals surface area contributed by atoms with Gasteiger partial charge in [0, 0.05) is 0 Å². The molecule has 4 heteroatoms. The Morgan fingerprint density at radius 3 is 2.00 bits per heavy atom. The summed E-state index contributed by atoms with van der Waals surface area (Å²) < 4.78 is 0. The van der Waals surface area contributed by atoms with Gasteiger partial charge in [0.2, 0.25) is 0 Å². The van der Waals surface area contributed by atoms with Crippen molar-refractivity contribution in [3.8, 4) is 0 Å². The van der Waals surface area contributed by atoms with E-state index in [1.165, 1.54) is 6.08 Å². The highest BCUT2D eigenvalue weighted by molar-refractivity contribution is 6.12. The Bertz CT molecular complexity index is 198. The number of allylic oxidation sites excluding steroid dienone is 2. The molecule has 60 valence electrons. The van der Waals surface area contributed by atoms with E-state index in [1.807, 2.05) is 0 Å². The van der Waals surface area contributed by atoms with Crippen LogP contribution in [0.25, 0.3) is 0 Å². The number of carbonyl (C=O) groups is 2. The highest BCUT2D eigenvalue weighted by Gasteiger charge is 2.13. The van der Waals surface area contributed by atoms with Gasteiger partial charge in [0.05, 0.1) is 0 Å². The fraction of sp³-hybridized carbons (Fsp3) is 0.143. The predicted octanol–water partition coefficient (Wildman–Crippen LogP) is 0.658. The van der Waals surface area contributed by atoms with Crippen LogP contribution in [-0.2, 0) is 9.59 Å². The number of carboxylic acid groups (broad SMARTS) is 2. The predicted molar refractivity (Wildman–Crippen MR) is 38.2 cm³/mol. The lowest BCUT2D eigenvalue weighted by atomic mass is 10.2. The van der Waals surface area contributed by atoms with Gasteiger partial charge in [-0.05, 0) is 6.42 Å². The van der Waals surface area contributed by atoms with Gasteiger partial charge in [0.1, 0.15) is 5.57 Å². The molecule has 0 amide bonds. The van der Waals surface area contributed by atoms with Crippen molar-refractivity contribution in [3.05, 3.63) is 24.3 Å². The highest BCUT2D eigenvalue weighted by atomic mass is 16.4. The Kier molecular flexibility index (Phi) is 3.66. The molecule has 0 spiro atoms. The van der Waals surface area contributed by atoms with Gasteiger partial charge in [-0.15, -0.1) is 6.58 Å². The maximum absolute atomic E-state index is 10.2. The van der Waals surface area contributed by atoms with E-state index in [4.69, 9.17) is 10.2 Å². The third-order valence-electron chi connectivity index (χ3n) is 0.949. The lowest BCUT2D eigenvalue weighted by molar-refractivity contribution is -0.140. The van der Waals surface area contributed by atoms with Crippen LogP contribution >= 0.6 is 0 Å². The quantitative estimate of drug-likeness (QED) is 0.271. The number of hydrogen-bond acceptors (Lipinski definition) is 2. The first-order chi connectivity index (χ1) is 5.09. The van der Waals surface area contributed by atoms with Gasteiger partial charge in [-0.25, -0.2) is 9.59 Å². The summed E-state index contributed by atoms with van der Waals surface area (Å²) in [6.07, 6.45) is 2.76. The summed E-state index contributed by atoms with van der Waals surface area (Å²) in [5, 5.41) is 16.6. The van der Waals surface area contributed by atoms with Crippen molar-refractivity contribution in [3.63, 3.8) is 0 Å². The second-order valence-electron chi connectivity index (χ2n) is 1.75. The molecule has 4 nitrogen and oxygen atoms in total. The maximum Gasteiger partial charge on any atom is 0.342 e. The first-order valence-corrected chi connectivity index (χ1v) is 2.87. The molecule has 0 aliphatic rings. The molecule has 0 unspecified atom stereocenters. The monoisotopic (exact) mass is 156 g/mol. The molecule has 0 saturated heterocycles. The smallest absolute Gasteiger partial charge is 0.342 e. The van der Waals surface area contributed by atoms with Crippen LogP contribution in [0.2, 0.25) is 0 Å². The number of aliphatic carboxylic acids is 2. The summed E-state index contributed by atoms with van der Waals surface area (Å²) in [6, 6.07) is 0. The van der Waals surface area contributed by atoms with E-state index in [1.54, 1.807) is 0 Å². The molecule has 0 aliphatic heterocycles. The van der Waals surface area contributed by atoms with Crippen LogP contribution in [0.1, 0.15) is 6.42 Å². The zero-order chi connectivity index (χ0) is 8.85. The Hall–Kier alpha value is -1.58. The second kappa shape index (κ2) is 4.27. The second-order valence-corrected chi connectivity index (χ2v) is 1.75. The summed E-state index contributed by atoms with van der Waals surface area (Å²) in [6.45, 7) is 3.32. The lowest BCUT2D eigenvalue weighted by Gasteiger charge is -1.91. The van der Waals surface area contributed by atoms with Crippen molar-refractivity contribution in [2.24, 2.45) is 0 Å². The molecule has 0 aliphatic carbocycles. The van der Waals surface area contributed by atoms with E-state index < -0.39 is 17.5 Å². The standard InChI is InChI=1S/C7H8O4/c1-2-3-4-5(6(8)9)7(10)11/h2,4H,1,3H2,(H,8,9)(H,10,11). The number of hydrogen-bond donors (Lipinski definition) is 2. The van der Waals surface area contributed by atoms with Crippen LogP contribution in [0.15, 0.2) is 24.3 Å². The van der Waals surface area contributed by atoms with Crippen LogP contribution in [0.5, 0.6) is 0 Å². The van der Waals surface area contributed by atoms with Crippen molar-refractivity contribution in [1.82, 2.24) is 0 Å². The van der Waals surface area contributed by atoms with Gasteiger partial charge in [-0.3, -0.25) is 0 Å². The fourth-order valence-corrected chi connectivity index (χ4v) is 0.467. The molecular formula is C7H8O4. The van der Waals surface area contributed by atoms with Gasteiger partial charge in [-0.1, -0.05) is 12.2 Å². The molecule has 0 aromatic carbocycles. The Balaban J connectivity index is 4.45. The number of rotatable bonds is 4. The largest absolute Gasteiger partial charge is 0.477 e. The molecule has 0 atom stereocenters. The van der Waals surface area contributed by atoms with Crippen molar-refractivity contribution < 1.29 is 19.8 Å². The fourth-order valence-electron chi connectivity index (χ4n) is 0.467. The van der Waals surface area contributed by atoms with Crippen LogP contribution < -0.4 is 0 Å². The Morgan fingerprint density at radius 1 is 1.27 bits per heavy atom. The van der Waals surface area contributed by atoms with Crippen LogP contribution in [0, 0.1) is 0 Å². The van der Waals surface area contributed by atoms with Gasteiger partial charge in [0.15, 0.2) is 0 Å². The van der Waals surface area contributed by atoms with Gasteiger partial charge < -0.3 is 10.2 Å². The summed E-state index contributed by atoms with van der Waals surface area (Å²) in [5.41, 5.74) is -0.620. The minimum Gasteiger partial charge on any atom is -0.477 e. The van der Waals surface area contributed by atoms with E-state index in [-0.39, 0.29) is 6.42 Å². The van der Waals surface area contributed by atoms with E-state index >= 15 is 0 Å². The van der Waals surface area contributed by atoms with Crippen molar-refractivity contribution in [2.45, 2.75) is 6.42 Å². The average molecular weight is 156 g/mol. The number of carboxylic acids is 2. The average Bonchev–Trinajstić information content (AvgIpc) is 1.87. The molecular weight excluding hydrogens is 148 g/mol. The van der Waals surface area contributed by atoms with E-state index in [0.29, 0.717) is 0 Å². The summed E-state index contributed by atoms with van der Waals surface area (Å²) in [4.78, 5) is 20.3. The summed E-state index contributed by atoms with van der Waals surface area (Å²) >= 11 is 0. The molecule has 0 bridgehead atoms. The van der Waals surface area contributed by atoms with Gasteiger partial charge in [0.25, 0.3) is 0 Å². The van der Waals surface area contributed by atoms with Crippen LogP contribution in [0.4, 0.5) is 0 Å². The summed E-state index contributed by atoms with van der Waals surface area (Å²) in [5.74, 6) is -2.86. The van der Waals surface area contributed by atoms with E-state index in [0.717, 1.165) is 6.08 Å². The molecule has 0 radical (unpaired) electrons. The molecule has 0 saturated carbocycles. The third-order valence-corrected chi connectivity index (χ3v) is 0.949. The SMILES string of the molecule is C=CCC=C(C(=O)O)C(=O)O. The van der Waals surface area contributed by atoms with E-state index in [9.17, 15) is 9.59 Å². The van der Waals surface area contributed by atoms with Gasteiger partial charge >= 0.3 is 11.9 Å². The molecule has 0 aromatic heterocycles. The Morgan fingerprint density at radius 2 is 1.73 bits per heavy atom. The topological polar surface area (TPSA) is 74.6 Å². The minimum atomic E-state index is -1.43. The van der Waals surface area contributed by atoms with Crippen molar-refractivity contribution >= 4 is 11.9 Å². The van der Waals surface area contributed by atoms with Gasteiger partial charge in [-0.2, -0.15) is 0 Å². The Labute approximate surface area is 63.5 Å². The third kappa shape index (κ3) is 3.20. The summed E-state index contributed by atoms with van der Waals surface area (Å²) in [7, 11) is 0. The zero-order valence-corrected chi connectivity index (χ0v) is 5.78. The molecule has 0 heterocycles. The normalized spacial score (nSPS) is 8.36. The maximum atomic E-state index is 10.2. The molecule has 0 aromatic rings. The molecule has 0 fully saturated rings. The van der Waals surface area contributed by atoms with Crippen molar-refractivity contribution in [2.75, 3.05) is 0 Å². The van der Waals surface area contributed by atoms with E-state index in [2.05, 4.69) is 6.58 Å². The lowest BCUT2D eigenvalue weighted by Crippen LogP contribution is -2.10. The first-order valence-electron chi connectivity index (χ1n) is 2.87. The molecule has 2 N–H and O–H groups in total. The van der Waals surface area contributed by atoms with Crippen LogP contribution in [0.3, 0.4) is 0 Å². The highest BCUT2D eigenvalue weighted by Crippen LogP contribution is 1.97. The molecule has 11 heavy (non-hydrogen) atoms. The zero-order valence-electron chi connectivity index (χ0n) is 5.78. The first kappa shape index (κ1) is 9.42. The van der Waals surface area contributed by atoms with Crippen LogP contribution in [-0.4, -0.2) is 22.2 Å².